The number of carbonyl (C=O) groups excluding carboxylic acids is 2. The van der Waals surface area contributed by atoms with Crippen molar-refractivity contribution in [1.29, 1.82) is 0 Å². The van der Waals surface area contributed by atoms with Gasteiger partial charge in [-0.2, -0.15) is 0 Å². The van der Waals surface area contributed by atoms with E-state index in [0.29, 0.717) is 24.4 Å². The van der Waals surface area contributed by atoms with Gasteiger partial charge in [0.15, 0.2) is 0 Å². The Labute approximate surface area is 167 Å². The van der Waals surface area contributed by atoms with Crippen molar-refractivity contribution in [3.63, 3.8) is 0 Å². The summed E-state index contributed by atoms with van der Waals surface area (Å²) < 4.78 is 5.24. The van der Waals surface area contributed by atoms with Crippen molar-refractivity contribution in [1.82, 2.24) is 4.90 Å². The third-order valence-corrected chi connectivity index (χ3v) is 4.65. The average molecular weight is 383 g/mol. The van der Waals surface area contributed by atoms with Crippen LogP contribution in [0.1, 0.15) is 37.8 Å². The number of aryl methyl sites for hydroxylation is 1. The van der Waals surface area contributed by atoms with Crippen LogP contribution < -0.4 is 10.1 Å². The SMILES string of the molecule is CCCCc1ccc(CC(=O)N(CC)CC(=O)Nc2ccccc2OC)cc1. The minimum Gasteiger partial charge on any atom is -0.495 e. The fourth-order valence-electron chi connectivity index (χ4n) is 2.98. The van der Waals surface area contributed by atoms with Crippen molar-refractivity contribution in [3.05, 3.63) is 59.7 Å². The first-order valence-electron chi connectivity index (χ1n) is 9.85. The molecule has 0 bridgehead atoms. The summed E-state index contributed by atoms with van der Waals surface area (Å²) in [5, 5.41) is 2.81. The van der Waals surface area contributed by atoms with Crippen LogP contribution in [0.5, 0.6) is 5.75 Å². The van der Waals surface area contributed by atoms with Crippen molar-refractivity contribution in [2.45, 2.75) is 39.5 Å². The van der Waals surface area contributed by atoms with Crippen LogP contribution in [0.4, 0.5) is 5.69 Å². The standard InChI is InChI=1S/C23H30N2O3/c1-4-6-9-18-12-14-19(15-13-18)16-23(27)25(5-2)17-22(26)24-20-10-7-8-11-21(20)28-3/h7-8,10-15H,4-6,9,16-17H2,1-3H3,(H,24,26). The number of hydrogen-bond donors (Lipinski definition) is 1. The molecule has 2 aromatic rings. The Balaban J connectivity index is 1.92. The molecule has 28 heavy (non-hydrogen) atoms. The second-order valence-corrected chi connectivity index (χ2v) is 6.75. The molecule has 0 saturated carbocycles. The zero-order valence-electron chi connectivity index (χ0n) is 17.0. The van der Waals surface area contributed by atoms with Gasteiger partial charge in [-0.25, -0.2) is 0 Å². The van der Waals surface area contributed by atoms with Gasteiger partial charge in [0, 0.05) is 6.54 Å². The highest BCUT2D eigenvalue weighted by Gasteiger charge is 2.17. The highest BCUT2D eigenvalue weighted by atomic mass is 16.5. The minimum absolute atomic E-state index is 0.0158. The van der Waals surface area contributed by atoms with E-state index in [0.717, 1.165) is 12.0 Å². The van der Waals surface area contributed by atoms with E-state index >= 15 is 0 Å². The van der Waals surface area contributed by atoms with E-state index < -0.39 is 0 Å². The number of benzene rings is 2. The predicted octanol–water partition coefficient (Wildman–Crippen LogP) is 4.07. The Morgan fingerprint density at radius 1 is 1.00 bits per heavy atom. The summed E-state index contributed by atoms with van der Waals surface area (Å²) in [6.45, 7) is 4.55. The van der Waals surface area contributed by atoms with E-state index in [-0.39, 0.29) is 18.4 Å². The number of amides is 2. The Bertz CT molecular complexity index is 772. The molecular weight excluding hydrogens is 352 g/mol. The van der Waals surface area contributed by atoms with Gasteiger partial charge < -0.3 is 15.0 Å². The number of likely N-dealkylation sites (N-methyl/N-ethyl adjacent to an activating group) is 1. The van der Waals surface area contributed by atoms with Gasteiger partial charge in [0.05, 0.1) is 25.8 Å². The predicted molar refractivity (Wildman–Crippen MR) is 113 cm³/mol. The van der Waals surface area contributed by atoms with E-state index in [1.165, 1.54) is 18.4 Å². The van der Waals surface area contributed by atoms with Crippen molar-refractivity contribution < 1.29 is 14.3 Å². The Morgan fingerprint density at radius 2 is 1.68 bits per heavy atom. The minimum atomic E-state index is -0.241. The van der Waals surface area contributed by atoms with E-state index in [4.69, 9.17) is 4.74 Å². The molecule has 0 spiro atoms. The molecule has 150 valence electrons. The second-order valence-electron chi connectivity index (χ2n) is 6.75. The first-order chi connectivity index (χ1) is 13.6. The van der Waals surface area contributed by atoms with Gasteiger partial charge in [0.1, 0.15) is 5.75 Å². The number of carbonyl (C=O) groups is 2. The molecule has 2 amide bonds. The maximum absolute atomic E-state index is 12.6. The van der Waals surface area contributed by atoms with Crippen molar-refractivity contribution >= 4 is 17.5 Å². The van der Waals surface area contributed by atoms with Crippen LogP contribution in [-0.2, 0) is 22.4 Å². The van der Waals surface area contributed by atoms with Gasteiger partial charge in [-0.3, -0.25) is 9.59 Å². The van der Waals surface area contributed by atoms with Crippen LogP contribution in [-0.4, -0.2) is 36.9 Å². The molecule has 0 aliphatic rings. The molecule has 5 nitrogen and oxygen atoms in total. The highest BCUT2D eigenvalue weighted by molar-refractivity contribution is 5.95. The molecule has 0 atom stereocenters. The molecule has 0 radical (unpaired) electrons. The maximum Gasteiger partial charge on any atom is 0.244 e. The lowest BCUT2D eigenvalue weighted by Crippen LogP contribution is -2.38. The van der Waals surface area contributed by atoms with Gasteiger partial charge in [-0.1, -0.05) is 49.7 Å². The van der Waals surface area contributed by atoms with Crippen LogP contribution in [0.3, 0.4) is 0 Å². The molecule has 1 N–H and O–H groups in total. The number of rotatable bonds is 10. The Morgan fingerprint density at radius 3 is 2.32 bits per heavy atom. The lowest BCUT2D eigenvalue weighted by atomic mass is 10.0. The van der Waals surface area contributed by atoms with Crippen LogP contribution >= 0.6 is 0 Å². The number of para-hydroxylation sites is 2. The lowest BCUT2D eigenvalue weighted by Gasteiger charge is -2.21. The molecule has 5 heteroatoms. The van der Waals surface area contributed by atoms with Gasteiger partial charge in [-0.05, 0) is 43.0 Å². The maximum atomic E-state index is 12.6. The van der Waals surface area contributed by atoms with Crippen molar-refractivity contribution in [2.24, 2.45) is 0 Å². The normalized spacial score (nSPS) is 10.4. The smallest absolute Gasteiger partial charge is 0.244 e. The summed E-state index contributed by atoms with van der Waals surface area (Å²) in [4.78, 5) is 26.6. The zero-order valence-corrected chi connectivity index (χ0v) is 17.0. The number of hydrogen-bond acceptors (Lipinski definition) is 3. The molecule has 0 fully saturated rings. The fraction of sp³-hybridized carbons (Fsp3) is 0.391. The van der Waals surface area contributed by atoms with Gasteiger partial charge in [-0.15, -0.1) is 0 Å². The fourth-order valence-corrected chi connectivity index (χ4v) is 2.98. The second kappa shape index (κ2) is 11.1. The van der Waals surface area contributed by atoms with E-state index in [1.807, 2.05) is 31.2 Å². The topological polar surface area (TPSA) is 58.6 Å². The molecular formula is C23H30N2O3. The van der Waals surface area contributed by atoms with Crippen LogP contribution in [0.15, 0.2) is 48.5 Å². The van der Waals surface area contributed by atoms with E-state index in [1.54, 1.807) is 24.1 Å². The molecule has 2 aromatic carbocycles. The molecule has 0 aliphatic heterocycles. The monoisotopic (exact) mass is 382 g/mol. The van der Waals surface area contributed by atoms with Crippen molar-refractivity contribution in [2.75, 3.05) is 25.5 Å². The summed E-state index contributed by atoms with van der Waals surface area (Å²) in [6.07, 6.45) is 3.70. The molecule has 0 aromatic heterocycles. The van der Waals surface area contributed by atoms with Gasteiger partial charge in [0.2, 0.25) is 11.8 Å². The molecule has 0 saturated heterocycles. The molecule has 0 heterocycles. The molecule has 0 aliphatic carbocycles. The largest absolute Gasteiger partial charge is 0.495 e. The molecule has 0 unspecified atom stereocenters. The van der Waals surface area contributed by atoms with Crippen LogP contribution in [0.25, 0.3) is 0 Å². The summed E-state index contributed by atoms with van der Waals surface area (Å²) in [6, 6.07) is 15.4. The summed E-state index contributed by atoms with van der Waals surface area (Å²) >= 11 is 0. The van der Waals surface area contributed by atoms with Crippen LogP contribution in [0.2, 0.25) is 0 Å². The number of anilines is 1. The van der Waals surface area contributed by atoms with Gasteiger partial charge in [0.25, 0.3) is 0 Å². The number of unbranched alkanes of at least 4 members (excludes halogenated alkanes) is 1. The summed E-state index contributed by atoms with van der Waals surface area (Å²) in [5.41, 5.74) is 2.86. The van der Waals surface area contributed by atoms with E-state index in [2.05, 4.69) is 24.4 Å². The van der Waals surface area contributed by atoms with E-state index in [9.17, 15) is 9.59 Å². The van der Waals surface area contributed by atoms with Crippen LogP contribution in [0, 0.1) is 0 Å². The summed E-state index contributed by atoms with van der Waals surface area (Å²) in [5.74, 6) is 0.294. The average Bonchev–Trinajstić information content (AvgIpc) is 2.71. The Hall–Kier alpha value is -2.82. The van der Waals surface area contributed by atoms with Crippen molar-refractivity contribution in [3.8, 4) is 5.75 Å². The first kappa shape index (κ1) is 21.5. The third kappa shape index (κ3) is 6.41. The zero-order chi connectivity index (χ0) is 20.4. The number of methoxy groups -OCH3 is 1. The van der Waals surface area contributed by atoms with Gasteiger partial charge >= 0.3 is 0 Å². The number of nitrogens with one attached hydrogen (secondary N) is 1. The third-order valence-electron chi connectivity index (χ3n) is 4.65. The molecule has 2 rings (SSSR count). The number of ether oxygens (including phenoxy) is 1. The lowest BCUT2D eigenvalue weighted by molar-refractivity contribution is -0.133. The number of nitrogens with zero attached hydrogens (tertiary/aromatic N) is 1. The quantitative estimate of drug-likeness (QED) is 0.674. The summed E-state index contributed by atoms with van der Waals surface area (Å²) in [7, 11) is 1.56. The highest BCUT2D eigenvalue weighted by Crippen LogP contribution is 2.22. The Kier molecular flexibility index (Phi) is 8.53. The first-order valence-corrected chi connectivity index (χ1v) is 9.85.